The topological polar surface area (TPSA) is 48.5 Å². The Morgan fingerprint density at radius 3 is 2.50 bits per heavy atom. The number of nitrogens with one attached hydrogen (secondary N) is 1. The van der Waals surface area contributed by atoms with Crippen LogP contribution < -0.4 is 15.1 Å². The Balaban J connectivity index is 1.30. The first-order valence-electron chi connectivity index (χ1n) is 10.7. The molecule has 5 nitrogen and oxygen atoms in total. The van der Waals surface area contributed by atoms with E-state index >= 15 is 0 Å². The maximum Gasteiger partial charge on any atom is 0.259 e. The van der Waals surface area contributed by atoms with Crippen LogP contribution in [0.3, 0.4) is 0 Å². The number of benzene rings is 2. The molecule has 152 valence electrons. The van der Waals surface area contributed by atoms with Crippen LogP contribution >= 0.6 is 0 Å². The minimum atomic E-state index is -0.00320. The number of hydrogen-bond donors (Lipinski definition) is 1. The molecule has 30 heavy (non-hydrogen) atoms. The Morgan fingerprint density at radius 1 is 0.867 bits per heavy atom. The van der Waals surface area contributed by atoms with Gasteiger partial charge in [0.15, 0.2) is 0 Å². The van der Waals surface area contributed by atoms with E-state index in [9.17, 15) is 4.79 Å². The van der Waals surface area contributed by atoms with Crippen molar-refractivity contribution < 1.29 is 4.79 Å². The van der Waals surface area contributed by atoms with Crippen molar-refractivity contribution in [2.75, 3.05) is 34.8 Å². The summed E-state index contributed by atoms with van der Waals surface area (Å²) in [6.07, 6.45) is 8.18. The second-order valence-electron chi connectivity index (χ2n) is 8.02. The molecule has 5 rings (SSSR count). The Bertz CT molecular complexity index is 1040. The third-order valence-corrected chi connectivity index (χ3v) is 5.99. The maximum absolute atomic E-state index is 13.1. The van der Waals surface area contributed by atoms with Gasteiger partial charge in [0.2, 0.25) is 0 Å². The van der Waals surface area contributed by atoms with E-state index in [1.165, 1.54) is 30.5 Å². The van der Waals surface area contributed by atoms with Gasteiger partial charge in [-0.3, -0.25) is 9.78 Å². The summed E-state index contributed by atoms with van der Waals surface area (Å²) in [4.78, 5) is 21.7. The number of amides is 1. The summed E-state index contributed by atoms with van der Waals surface area (Å²) in [7, 11) is 0. The molecule has 1 amide bonds. The summed E-state index contributed by atoms with van der Waals surface area (Å²) < 4.78 is 0. The number of aromatic nitrogens is 1. The smallest absolute Gasteiger partial charge is 0.259 e. The largest absolute Gasteiger partial charge is 0.372 e. The zero-order chi connectivity index (χ0) is 20.3. The fourth-order valence-corrected chi connectivity index (χ4v) is 4.40. The molecule has 0 atom stereocenters. The predicted octanol–water partition coefficient (Wildman–Crippen LogP) is 5.02. The Kier molecular flexibility index (Phi) is 5.10. The number of pyridine rings is 1. The van der Waals surface area contributed by atoms with E-state index in [0.717, 1.165) is 36.6 Å². The lowest BCUT2D eigenvalue weighted by Crippen LogP contribution is -2.29. The van der Waals surface area contributed by atoms with E-state index in [1.54, 1.807) is 12.4 Å². The van der Waals surface area contributed by atoms with Gasteiger partial charge in [0.05, 0.1) is 17.4 Å². The number of piperidine rings is 1. The number of carbonyl (C=O) groups excluding carboxylic acids is 1. The Morgan fingerprint density at radius 2 is 1.67 bits per heavy atom. The molecule has 0 radical (unpaired) electrons. The van der Waals surface area contributed by atoms with Crippen molar-refractivity contribution in [3.8, 4) is 0 Å². The lowest BCUT2D eigenvalue weighted by molar-refractivity contribution is 0.0989. The van der Waals surface area contributed by atoms with Crippen LogP contribution in [0.2, 0.25) is 0 Å². The van der Waals surface area contributed by atoms with Crippen LogP contribution in [-0.2, 0) is 6.42 Å². The molecular formula is C25H26N4O. The summed E-state index contributed by atoms with van der Waals surface area (Å²) in [5.41, 5.74) is 5.92. The average molecular weight is 399 g/mol. The molecule has 3 heterocycles. The van der Waals surface area contributed by atoms with Crippen molar-refractivity contribution in [3.05, 3.63) is 78.1 Å². The first-order valence-corrected chi connectivity index (χ1v) is 10.7. The minimum absolute atomic E-state index is 0.00320. The highest BCUT2D eigenvalue weighted by Gasteiger charge is 2.25. The monoisotopic (exact) mass is 398 g/mol. The summed E-state index contributed by atoms with van der Waals surface area (Å²) in [5.74, 6) is -0.00320. The van der Waals surface area contributed by atoms with Gasteiger partial charge in [-0.1, -0.05) is 18.2 Å². The predicted molar refractivity (Wildman–Crippen MR) is 122 cm³/mol. The van der Waals surface area contributed by atoms with Crippen molar-refractivity contribution in [2.24, 2.45) is 0 Å². The average Bonchev–Trinajstić information content (AvgIpc) is 3.24. The second kappa shape index (κ2) is 8.19. The number of hydrogen-bond acceptors (Lipinski definition) is 4. The Labute approximate surface area is 177 Å². The second-order valence-corrected chi connectivity index (χ2v) is 8.02. The zero-order valence-corrected chi connectivity index (χ0v) is 17.1. The summed E-state index contributed by atoms with van der Waals surface area (Å²) in [6, 6.07) is 18.5. The molecule has 1 aromatic heterocycles. The van der Waals surface area contributed by atoms with Crippen LogP contribution in [0.5, 0.6) is 0 Å². The van der Waals surface area contributed by atoms with Crippen LogP contribution in [0.15, 0.2) is 67.0 Å². The van der Waals surface area contributed by atoms with Crippen molar-refractivity contribution in [3.63, 3.8) is 0 Å². The van der Waals surface area contributed by atoms with Crippen LogP contribution in [-0.4, -0.2) is 30.5 Å². The summed E-state index contributed by atoms with van der Waals surface area (Å²) in [5, 5.41) is 3.39. The molecule has 2 aromatic carbocycles. The fraction of sp³-hybridized carbons (Fsp3) is 0.280. The molecule has 0 saturated carbocycles. The molecule has 3 aromatic rings. The van der Waals surface area contributed by atoms with E-state index in [2.05, 4.69) is 45.5 Å². The molecule has 2 aliphatic heterocycles. The number of anilines is 4. The first-order chi connectivity index (χ1) is 14.8. The number of carbonyl (C=O) groups is 1. The highest BCUT2D eigenvalue weighted by molar-refractivity contribution is 6.07. The van der Waals surface area contributed by atoms with Crippen LogP contribution in [0.1, 0.15) is 35.2 Å². The number of fused-ring (bicyclic) bond motifs is 1. The first kappa shape index (κ1) is 18.7. The summed E-state index contributed by atoms with van der Waals surface area (Å²) in [6.45, 7) is 2.99. The third kappa shape index (κ3) is 3.75. The van der Waals surface area contributed by atoms with Crippen molar-refractivity contribution in [2.45, 2.75) is 25.7 Å². The summed E-state index contributed by atoms with van der Waals surface area (Å²) >= 11 is 0. The van der Waals surface area contributed by atoms with E-state index < -0.39 is 0 Å². The Hall–Kier alpha value is -3.34. The molecule has 2 aliphatic rings. The van der Waals surface area contributed by atoms with Gasteiger partial charge in [-0.05, 0) is 67.6 Å². The SMILES string of the molecule is O=C(c1cncc(Nc2ccc(N3CCCCC3)cc2)c1)N1CCc2ccccc21. The van der Waals surface area contributed by atoms with Gasteiger partial charge in [-0.2, -0.15) is 0 Å². The van der Waals surface area contributed by atoms with E-state index in [0.29, 0.717) is 12.1 Å². The van der Waals surface area contributed by atoms with Gasteiger partial charge in [0, 0.05) is 42.9 Å². The van der Waals surface area contributed by atoms with Gasteiger partial charge in [0.1, 0.15) is 0 Å². The lowest BCUT2D eigenvalue weighted by atomic mass is 10.1. The molecule has 0 aliphatic carbocycles. The molecule has 0 spiro atoms. The van der Waals surface area contributed by atoms with E-state index in [-0.39, 0.29) is 5.91 Å². The molecule has 1 fully saturated rings. The highest BCUT2D eigenvalue weighted by Crippen LogP contribution is 2.29. The van der Waals surface area contributed by atoms with Crippen LogP contribution in [0.4, 0.5) is 22.7 Å². The third-order valence-electron chi connectivity index (χ3n) is 5.99. The quantitative estimate of drug-likeness (QED) is 0.670. The zero-order valence-electron chi connectivity index (χ0n) is 17.1. The molecule has 0 bridgehead atoms. The molecule has 5 heteroatoms. The van der Waals surface area contributed by atoms with Gasteiger partial charge in [0.25, 0.3) is 5.91 Å². The number of nitrogens with zero attached hydrogens (tertiary/aromatic N) is 3. The maximum atomic E-state index is 13.1. The van der Waals surface area contributed by atoms with Crippen molar-refractivity contribution in [1.29, 1.82) is 0 Å². The number of para-hydroxylation sites is 1. The van der Waals surface area contributed by atoms with E-state index in [4.69, 9.17) is 0 Å². The fourth-order valence-electron chi connectivity index (χ4n) is 4.40. The molecule has 1 saturated heterocycles. The van der Waals surface area contributed by atoms with Crippen LogP contribution in [0.25, 0.3) is 0 Å². The van der Waals surface area contributed by atoms with Gasteiger partial charge < -0.3 is 15.1 Å². The van der Waals surface area contributed by atoms with Gasteiger partial charge in [-0.25, -0.2) is 0 Å². The number of rotatable bonds is 4. The van der Waals surface area contributed by atoms with E-state index in [1.807, 2.05) is 29.2 Å². The normalized spacial score (nSPS) is 15.7. The lowest BCUT2D eigenvalue weighted by Gasteiger charge is -2.28. The van der Waals surface area contributed by atoms with Crippen LogP contribution in [0, 0.1) is 0 Å². The molecule has 1 N–H and O–H groups in total. The highest BCUT2D eigenvalue weighted by atomic mass is 16.2. The standard InChI is InChI=1S/C25H26N4O/c30-25(29-15-12-19-6-2-3-7-24(19)29)20-16-22(18-26-17-20)27-21-8-10-23(11-9-21)28-13-4-1-5-14-28/h2-3,6-11,16-18,27H,1,4-5,12-15H2. The van der Waals surface area contributed by atoms with Crippen molar-refractivity contribution in [1.82, 2.24) is 4.98 Å². The van der Waals surface area contributed by atoms with Gasteiger partial charge >= 0.3 is 0 Å². The van der Waals surface area contributed by atoms with Gasteiger partial charge in [-0.15, -0.1) is 0 Å². The molecule has 0 unspecified atom stereocenters. The molecular weight excluding hydrogens is 372 g/mol. The van der Waals surface area contributed by atoms with Crippen molar-refractivity contribution >= 4 is 28.7 Å². The minimum Gasteiger partial charge on any atom is -0.372 e.